The maximum atomic E-state index is 15.9. The van der Waals surface area contributed by atoms with E-state index in [0.29, 0.717) is 17.2 Å². The minimum absolute atomic E-state index is 0.0517. The Hall–Kier alpha value is -4.89. The molecule has 1 spiro atoms. The number of nitrogens with zero attached hydrogens (tertiary/aromatic N) is 4. The number of pyridine rings is 1. The van der Waals surface area contributed by atoms with Crippen LogP contribution >= 0.6 is 0 Å². The van der Waals surface area contributed by atoms with Crippen molar-refractivity contribution in [2.45, 2.75) is 76.5 Å². The number of imide groups is 1. The lowest BCUT2D eigenvalue weighted by molar-refractivity contribution is 0.0122. The van der Waals surface area contributed by atoms with Crippen LogP contribution in [0.3, 0.4) is 0 Å². The van der Waals surface area contributed by atoms with Crippen LogP contribution in [0.25, 0.3) is 0 Å². The first-order valence-corrected chi connectivity index (χ1v) is 18.3. The van der Waals surface area contributed by atoms with Crippen molar-refractivity contribution in [3.8, 4) is 5.75 Å². The molecule has 52 heavy (non-hydrogen) atoms. The summed E-state index contributed by atoms with van der Waals surface area (Å²) >= 11 is 0. The fraction of sp³-hybridized carbons (Fsp3) is 0.432. The summed E-state index contributed by atoms with van der Waals surface area (Å²) in [5, 5.41) is 2.66. The number of rotatable bonds is 6. The van der Waals surface area contributed by atoms with Crippen LogP contribution in [0.1, 0.15) is 70.1 Å². The van der Waals surface area contributed by atoms with E-state index in [4.69, 9.17) is 19.2 Å². The topological polar surface area (TPSA) is 157 Å². The summed E-state index contributed by atoms with van der Waals surface area (Å²) in [6.07, 6.45) is -1.03. The number of aliphatic imine (C=N–C) groups is 1. The van der Waals surface area contributed by atoms with Gasteiger partial charge in [-0.2, -0.15) is 4.90 Å². The van der Waals surface area contributed by atoms with Gasteiger partial charge in [0.2, 0.25) is 0 Å². The second-order valence-corrected chi connectivity index (χ2v) is 17.4. The Morgan fingerprint density at radius 1 is 0.942 bits per heavy atom. The van der Waals surface area contributed by atoms with E-state index in [9.17, 15) is 22.8 Å². The minimum Gasteiger partial charge on any atom is -0.495 e. The fourth-order valence-electron chi connectivity index (χ4n) is 6.08. The lowest BCUT2D eigenvalue weighted by atomic mass is 9.90. The summed E-state index contributed by atoms with van der Waals surface area (Å²) in [5.74, 6) is -2.10. The lowest BCUT2D eigenvalue weighted by Crippen LogP contribution is -2.76. The molecule has 1 saturated heterocycles. The zero-order valence-electron chi connectivity index (χ0n) is 30.5. The number of halogens is 1. The van der Waals surface area contributed by atoms with Gasteiger partial charge >= 0.3 is 12.2 Å². The highest BCUT2D eigenvalue weighted by molar-refractivity contribution is 7.93. The zero-order valence-corrected chi connectivity index (χ0v) is 31.3. The summed E-state index contributed by atoms with van der Waals surface area (Å²) in [5.41, 5.74) is -3.17. The largest absolute Gasteiger partial charge is 0.495 e. The van der Waals surface area contributed by atoms with E-state index < -0.39 is 66.8 Å². The molecule has 0 bridgehead atoms. The third-order valence-corrected chi connectivity index (χ3v) is 11.0. The normalized spacial score (nSPS) is 19.5. The number of amides is 3. The van der Waals surface area contributed by atoms with E-state index in [1.54, 1.807) is 47.6 Å². The number of aromatic nitrogens is 1. The maximum Gasteiger partial charge on any atom is 0.425 e. The van der Waals surface area contributed by atoms with Gasteiger partial charge in [-0.25, -0.2) is 27.4 Å². The van der Waals surface area contributed by atoms with Crippen LogP contribution < -0.4 is 10.1 Å². The van der Waals surface area contributed by atoms with Gasteiger partial charge in [0, 0.05) is 30.9 Å². The number of nitrogens with one attached hydrogen (secondary N) is 1. The molecule has 0 unspecified atom stereocenters. The molecular formula is C37H44FN5O8S. The van der Waals surface area contributed by atoms with Gasteiger partial charge in [0.1, 0.15) is 39.8 Å². The molecule has 2 aliphatic heterocycles. The molecule has 0 radical (unpaired) electrons. The first kappa shape index (κ1) is 38.3. The molecule has 3 heterocycles. The Bertz CT molecular complexity index is 1960. The third-order valence-electron chi connectivity index (χ3n) is 8.41. The van der Waals surface area contributed by atoms with Gasteiger partial charge in [-0.15, -0.1) is 0 Å². The summed E-state index contributed by atoms with van der Waals surface area (Å²) < 4.78 is 59.7. The molecule has 0 saturated carbocycles. The van der Waals surface area contributed by atoms with Crippen LogP contribution in [0.4, 0.5) is 19.7 Å². The number of hydrogen-bond donors (Lipinski definition) is 1. The molecule has 3 amide bonds. The smallest absolute Gasteiger partial charge is 0.425 e. The van der Waals surface area contributed by atoms with E-state index in [1.807, 2.05) is 35.2 Å². The Morgan fingerprint density at radius 3 is 2.10 bits per heavy atom. The van der Waals surface area contributed by atoms with Gasteiger partial charge in [0.15, 0.2) is 14.6 Å². The average Bonchev–Trinajstić information content (AvgIpc) is 3.01. The monoisotopic (exact) mass is 737 g/mol. The van der Waals surface area contributed by atoms with Gasteiger partial charge < -0.3 is 19.5 Å². The van der Waals surface area contributed by atoms with Crippen molar-refractivity contribution >= 4 is 39.5 Å². The third kappa shape index (κ3) is 8.10. The van der Waals surface area contributed by atoms with Gasteiger partial charge in [0.05, 0.1) is 19.1 Å². The van der Waals surface area contributed by atoms with Crippen molar-refractivity contribution in [1.82, 2.24) is 14.8 Å². The standard InChI is InChI=1S/C37H44FN5O8S/c1-34(2,3)50-32(45)43(33(46)51-35(4,5)6)31-37(21-42(22-37)20-24-12-10-9-11-13-24)52(47,48)23-36(7,41-31)27-18-25(14-16-28(27)38)40-30(44)29-17-15-26(49-8)19-39-29/h9-19H,20-23H2,1-8H3,(H,40,44)/t36-/m0/s1. The number of methoxy groups -OCH3 is 1. The first-order valence-electron chi connectivity index (χ1n) is 16.6. The van der Waals surface area contributed by atoms with Crippen molar-refractivity contribution in [3.05, 3.63) is 89.5 Å². The number of hydrogen-bond acceptors (Lipinski definition) is 11. The van der Waals surface area contributed by atoms with Gasteiger partial charge in [-0.05, 0) is 84.4 Å². The minimum atomic E-state index is -4.32. The SMILES string of the molecule is COc1ccc(C(=O)Nc2ccc(F)c([C@]3(C)CS(=O)(=O)C4(CN(Cc5ccccc5)C4)C(N(C(=O)OC(C)(C)C)C(=O)OC(C)(C)C)=N3)c2)nc1. The second kappa shape index (κ2) is 13.9. The molecule has 0 aliphatic carbocycles. The van der Waals surface area contributed by atoms with Crippen molar-refractivity contribution in [3.63, 3.8) is 0 Å². The van der Waals surface area contributed by atoms with Crippen molar-refractivity contribution in [2.24, 2.45) is 4.99 Å². The molecule has 13 nitrogen and oxygen atoms in total. The van der Waals surface area contributed by atoms with Crippen molar-refractivity contribution in [2.75, 3.05) is 31.3 Å². The van der Waals surface area contributed by atoms with E-state index in [1.165, 1.54) is 38.4 Å². The van der Waals surface area contributed by atoms with Gasteiger partial charge in [-0.3, -0.25) is 14.7 Å². The number of sulfone groups is 1. The van der Waals surface area contributed by atoms with E-state index in [2.05, 4.69) is 10.3 Å². The molecule has 1 aromatic heterocycles. The van der Waals surface area contributed by atoms with Crippen molar-refractivity contribution < 1.29 is 41.4 Å². The molecule has 278 valence electrons. The van der Waals surface area contributed by atoms with Gasteiger partial charge in [-0.1, -0.05) is 30.3 Å². The molecule has 1 atom stereocenters. The Kier molecular flexibility index (Phi) is 10.3. The average molecular weight is 738 g/mol. The molecule has 1 fully saturated rings. The maximum absolute atomic E-state index is 15.9. The van der Waals surface area contributed by atoms with Crippen LogP contribution in [0, 0.1) is 5.82 Å². The number of likely N-dealkylation sites (tertiary alicyclic amines) is 1. The molecule has 1 N–H and O–H groups in total. The highest BCUT2D eigenvalue weighted by Gasteiger charge is 2.65. The lowest BCUT2D eigenvalue weighted by Gasteiger charge is -2.54. The second-order valence-electron chi connectivity index (χ2n) is 15.1. The van der Waals surface area contributed by atoms with E-state index in [0.717, 1.165) is 11.6 Å². The quantitative estimate of drug-likeness (QED) is 0.321. The number of carbonyl (C=O) groups excluding carboxylic acids is 3. The highest BCUT2D eigenvalue weighted by Crippen LogP contribution is 2.45. The Balaban J connectivity index is 1.62. The zero-order chi connectivity index (χ0) is 38.3. The summed E-state index contributed by atoms with van der Waals surface area (Å²) in [4.78, 5) is 52.2. The van der Waals surface area contributed by atoms with E-state index >= 15 is 4.39 Å². The van der Waals surface area contributed by atoms with Crippen LogP contribution in [0.5, 0.6) is 5.75 Å². The predicted octanol–water partition coefficient (Wildman–Crippen LogP) is 5.95. The van der Waals surface area contributed by atoms with Crippen LogP contribution in [0.2, 0.25) is 0 Å². The Morgan fingerprint density at radius 2 is 1.56 bits per heavy atom. The first-order chi connectivity index (χ1) is 24.2. The van der Waals surface area contributed by atoms with E-state index in [-0.39, 0.29) is 30.0 Å². The van der Waals surface area contributed by atoms with Crippen LogP contribution in [0.15, 0.2) is 71.9 Å². The number of ether oxygens (including phenoxy) is 3. The van der Waals surface area contributed by atoms with Crippen LogP contribution in [-0.4, -0.2) is 89.0 Å². The summed E-state index contributed by atoms with van der Waals surface area (Å²) in [7, 11) is -2.86. The molecule has 15 heteroatoms. The van der Waals surface area contributed by atoms with Crippen molar-refractivity contribution in [1.29, 1.82) is 0 Å². The molecule has 5 rings (SSSR count). The molecule has 3 aromatic rings. The number of benzene rings is 2. The fourth-order valence-corrected chi connectivity index (χ4v) is 8.49. The highest BCUT2D eigenvalue weighted by atomic mass is 32.2. The molecular weight excluding hydrogens is 693 g/mol. The van der Waals surface area contributed by atoms with Crippen LogP contribution in [-0.2, 0) is 31.4 Å². The number of anilines is 1. The number of carbonyl (C=O) groups is 3. The molecule has 2 aliphatic rings. The Labute approximate surface area is 303 Å². The summed E-state index contributed by atoms with van der Waals surface area (Å²) in [6.45, 7) is 11.1. The molecule has 2 aromatic carbocycles. The predicted molar refractivity (Wildman–Crippen MR) is 192 cm³/mol. The van der Waals surface area contributed by atoms with Gasteiger partial charge in [0.25, 0.3) is 5.91 Å². The summed E-state index contributed by atoms with van der Waals surface area (Å²) in [6, 6.07) is 16.1. The number of amidine groups is 1.